The van der Waals surface area contributed by atoms with Gasteiger partial charge in [0.2, 0.25) is 5.91 Å². The van der Waals surface area contributed by atoms with Crippen LogP contribution < -0.4 is 16.0 Å². The number of amides is 1. The fourth-order valence-corrected chi connectivity index (χ4v) is 4.18. The van der Waals surface area contributed by atoms with Gasteiger partial charge in [-0.3, -0.25) is 4.79 Å². The van der Waals surface area contributed by atoms with E-state index in [4.69, 9.17) is 12.2 Å². The number of carbonyl (C=O) groups excluding carboxylic acids is 1. The molecule has 154 valence electrons. The number of para-hydroxylation sites is 1. The molecule has 1 amide bonds. The quantitative estimate of drug-likeness (QED) is 0.260. The molecule has 3 N–H and O–H groups in total. The van der Waals surface area contributed by atoms with Crippen molar-refractivity contribution in [1.82, 2.24) is 0 Å². The van der Waals surface area contributed by atoms with Crippen molar-refractivity contribution in [2.45, 2.75) is 24.0 Å². The highest BCUT2D eigenvalue weighted by Gasteiger charge is 2.16. The van der Waals surface area contributed by atoms with Crippen LogP contribution in [0.25, 0.3) is 0 Å². The first-order chi connectivity index (χ1) is 14.4. The topological polar surface area (TPSA) is 53.2 Å². The third kappa shape index (κ3) is 6.58. The zero-order chi connectivity index (χ0) is 21.5. The number of halogens is 1. The van der Waals surface area contributed by atoms with E-state index in [0.29, 0.717) is 5.11 Å². The molecule has 30 heavy (non-hydrogen) atoms. The summed E-state index contributed by atoms with van der Waals surface area (Å²) in [7, 11) is 0. The van der Waals surface area contributed by atoms with Gasteiger partial charge in [-0.05, 0) is 84.5 Å². The van der Waals surface area contributed by atoms with Crippen molar-refractivity contribution >= 4 is 68.0 Å². The summed E-state index contributed by atoms with van der Waals surface area (Å²) in [6, 6.07) is 23.5. The van der Waals surface area contributed by atoms with Crippen molar-refractivity contribution < 1.29 is 4.79 Å². The summed E-state index contributed by atoms with van der Waals surface area (Å²) in [5, 5.41) is 9.58. The van der Waals surface area contributed by atoms with Crippen LogP contribution in [0.15, 0.2) is 82.2 Å². The van der Waals surface area contributed by atoms with Crippen molar-refractivity contribution in [1.29, 1.82) is 0 Å². The van der Waals surface area contributed by atoms with Gasteiger partial charge < -0.3 is 16.0 Å². The highest BCUT2D eigenvalue weighted by Crippen LogP contribution is 2.28. The standard InChI is InChI=1S/C23H22BrN3OS2/c1-15-10-12-17(13-11-15)25-23(29)26-18-6-5-7-19(14-18)30-16(2)22(28)27-21-9-4-3-8-20(21)24/h3-14,16H,1-2H3,(H,27,28)(H2,25,26,29). The maximum absolute atomic E-state index is 12.6. The lowest BCUT2D eigenvalue weighted by atomic mass is 10.2. The van der Waals surface area contributed by atoms with E-state index in [1.807, 2.05) is 86.6 Å². The Morgan fingerprint density at radius 3 is 2.37 bits per heavy atom. The van der Waals surface area contributed by atoms with Crippen molar-refractivity contribution in [3.63, 3.8) is 0 Å². The Hall–Kier alpha value is -2.35. The van der Waals surface area contributed by atoms with Crippen LogP contribution in [0.2, 0.25) is 0 Å². The Bertz CT molecular complexity index is 1040. The maximum atomic E-state index is 12.6. The first-order valence-electron chi connectivity index (χ1n) is 9.37. The molecule has 0 aliphatic rings. The average molecular weight is 500 g/mol. The minimum Gasteiger partial charge on any atom is -0.332 e. The Balaban J connectivity index is 1.57. The van der Waals surface area contributed by atoms with Crippen LogP contribution in [-0.4, -0.2) is 16.3 Å². The Morgan fingerprint density at radius 1 is 0.933 bits per heavy atom. The van der Waals surface area contributed by atoms with E-state index in [1.165, 1.54) is 17.3 Å². The molecule has 4 nitrogen and oxygen atoms in total. The molecular weight excluding hydrogens is 478 g/mol. The van der Waals surface area contributed by atoms with E-state index >= 15 is 0 Å². The second-order valence-electron chi connectivity index (χ2n) is 6.70. The molecule has 0 aliphatic heterocycles. The molecule has 7 heteroatoms. The van der Waals surface area contributed by atoms with Gasteiger partial charge >= 0.3 is 0 Å². The molecule has 0 spiro atoms. The van der Waals surface area contributed by atoms with Crippen molar-refractivity contribution in [3.05, 3.63) is 82.8 Å². The zero-order valence-electron chi connectivity index (χ0n) is 16.6. The van der Waals surface area contributed by atoms with Gasteiger partial charge in [0.25, 0.3) is 0 Å². The Morgan fingerprint density at radius 2 is 1.63 bits per heavy atom. The summed E-state index contributed by atoms with van der Waals surface area (Å²) in [5.74, 6) is -0.0539. The van der Waals surface area contributed by atoms with Crippen LogP contribution in [0.1, 0.15) is 12.5 Å². The van der Waals surface area contributed by atoms with Gasteiger partial charge in [0, 0.05) is 20.7 Å². The number of hydrogen-bond donors (Lipinski definition) is 3. The molecule has 0 fully saturated rings. The van der Waals surface area contributed by atoms with Gasteiger partial charge in [-0.25, -0.2) is 0 Å². The van der Waals surface area contributed by atoms with Gasteiger partial charge in [0.1, 0.15) is 0 Å². The summed E-state index contributed by atoms with van der Waals surface area (Å²) < 4.78 is 0.858. The fraction of sp³-hybridized carbons (Fsp3) is 0.130. The average Bonchev–Trinajstić information content (AvgIpc) is 2.71. The molecule has 0 heterocycles. The van der Waals surface area contributed by atoms with Gasteiger partial charge in [-0.15, -0.1) is 11.8 Å². The van der Waals surface area contributed by atoms with E-state index < -0.39 is 0 Å². The second kappa shape index (κ2) is 10.6. The molecule has 0 saturated heterocycles. The van der Waals surface area contributed by atoms with Crippen LogP contribution in [0.5, 0.6) is 0 Å². The lowest BCUT2D eigenvalue weighted by molar-refractivity contribution is -0.115. The minimum absolute atomic E-state index is 0.0539. The number of benzene rings is 3. The SMILES string of the molecule is Cc1ccc(NC(=S)Nc2cccc(SC(C)C(=O)Nc3ccccc3Br)c2)cc1. The van der Waals surface area contributed by atoms with Gasteiger partial charge in [-0.1, -0.05) is 35.9 Å². The summed E-state index contributed by atoms with van der Waals surface area (Å²) in [5.41, 5.74) is 3.75. The molecular formula is C23H22BrN3OS2. The smallest absolute Gasteiger partial charge is 0.237 e. The summed E-state index contributed by atoms with van der Waals surface area (Å²) >= 11 is 10.4. The van der Waals surface area contributed by atoms with Gasteiger partial charge in [0.15, 0.2) is 5.11 Å². The Kier molecular flexibility index (Phi) is 7.90. The third-order valence-electron chi connectivity index (χ3n) is 4.22. The van der Waals surface area contributed by atoms with Gasteiger partial charge in [-0.2, -0.15) is 0 Å². The predicted octanol–water partition coefficient (Wildman–Crippen LogP) is 6.69. The zero-order valence-corrected chi connectivity index (χ0v) is 19.8. The normalized spacial score (nSPS) is 11.4. The molecule has 0 bridgehead atoms. The van der Waals surface area contributed by atoms with Crippen LogP contribution in [-0.2, 0) is 4.79 Å². The monoisotopic (exact) mass is 499 g/mol. The van der Waals surface area contributed by atoms with E-state index in [9.17, 15) is 4.79 Å². The van der Waals surface area contributed by atoms with Crippen molar-refractivity contribution in [2.75, 3.05) is 16.0 Å². The first-order valence-corrected chi connectivity index (χ1v) is 11.5. The molecule has 3 aromatic carbocycles. The lowest BCUT2D eigenvalue weighted by Crippen LogP contribution is -2.22. The number of thioether (sulfide) groups is 1. The number of aryl methyl sites for hydroxylation is 1. The van der Waals surface area contributed by atoms with Crippen LogP contribution >= 0.6 is 39.9 Å². The van der Waals surface area contributed by atoms with Crippen LogP contribution in [0.4, 0.5) is 17.1 Å². The summed E-state index contributed by atoms with van der Waals surface area (Å²) in [4.78, 5) is 13.5. The molecule has 0 radical (unpaired) electrons. The minimum atomic E-state index is -0.259. The van der Waals surface area contributed by atoms with Crippen molar-refractivity contribution in [2.24, 2.45) is 0 Å². The van der Waals surface area contributed by atoms with E-state index in [0.717, 1.165) is 26.4 Å². The number of nitrogens with one attached hydrogen (secondary N) is 3. The third-order valence-corrected chi connectivity index (χ3v) is 6.20. The number of carbonyl (C=O) groups is 1. The van der Waals surface area contributed by atoms with E-state index in [2.05, 4.69) is 31.9 Å². The first kappa shape index (κ1) is 22.3. The number of anilines is 3. The fourth-order valence-electron chi connectivity index (χ4n) is 2.63. The maximum Gasteiger partial charge on any atom is 0.237 e. The largest absolute Gasteiger partial charge is 0.332 e. The van der Waals surface area contributed by atoms with Crippen LogP contribution in [0.3, 0.4) is 0 Å². The molecule has 0 aromatic heterocycles. The summed E-state index contributed by atoms with van der Waals surface area (Å²) in [6.45, 7) is 3.93. The molecule has 3 rings (SSSR count). The predicted molar refractivity (Wildman–Crippen MR) is 136 cm³/mol. The Labute approximate surface area is 195 Å². The molecule has 1 unspecified atom stereocenters. The van der Waals surface area contributed by atoms with E-state index in [-0.39, 0.29) is 11.2 Å². The van der Waals surface area contributed by atoms with E-state index in [1.54, 1.807) is 0 Å². The highest BCUT2D eigenvalue weighted by molar-refractivity contribution is 9.10. The molecule has 0 saturated carbocycles. The molecule has 1 atom stereocenters. The molecule has 0 aliphatic carbocycles. The molecule has 3 aromatic rings. The second-order valence-corrected chi connectivity index (χ2v) is 9.38. The van der Waals surface area contributed by atoms with Gasteiger partial charge in [0.05, 0.1) is 10.9 Å². The number of thiocarbonyl (C=S) groups is 1. The highest BCUT2D eigenvalue weighted by atomic mass is 79.9. The van der Waals surface area contributed by atoms with Crippen molar-refractivity contribution in [3.8, 4) is 0 Å². The number of rotatable bonds is 6. The summed E-state index contributed by atoms with van der Waals surface area (Å²) in [6.07, 6.45) is 0. The number of hydrogen-bond acceptors (Lipinski definition) is 3. The van der Waals surface area contributed by atoms with Crippen LogP contribution in [0, 0.1) is 6.92 Å². The lowest BCUT2D eigenvalue weighted by Gasteiger charge is -2.14.